The molecule has 0 aliphatic carbocycles. The van der Waals surface area contributed by atoms with Crippen molar-refractivity contribution in [2.24, 2.45) is 0 Å². The van der Waals surface area contributed by atoms with Crippen LogP contribution in [-0.2, 0) is 17.6 Å². The summed E-state index contributed by atoms with van der Waals surface area (Å²) in [6, 6.07) is 13.9. The molecule has 2 aromatic carbocycles. The van der Waals surface area contributed by atoms with Crippen molar-refractivity contribution in [1.29, 1.82) is 0 Å². The van der Waals surface area contributed by atoms with E-state index >= 15 is 0 Å². The van der Waals surface area contributed by atoms with Crippen LogP contribution in [0.4, 0.5) is 11.5 Å². The average molecular weight is 447 g/mol. The summed E-state index contributed by atoms with van der Waals surface area (Å²) < 4.78 is 26.1. The fourth-order valence-electron chi connectivity index (χ4n) is 3.44. The maximum absolute atomic E-state index is 12.7. The molecule has 0 spiro atoms. The Hall–Kier alpha value is -4.20. The summed E-state index contributed by atoms with van der Waals surface area (Å²) in [5.74, 6) is -1.36. The number of aryl methyl sites for hydroxylation is 1. The van der Waals surface area contributed by atoms with E-state index in [1.54, 1.807) is 66.0 Å². The molecule has 0 aliphatic rings. The second-order valence-corrected chi connectivity index (χ2v) is 7.80. The highest BCUT2D eigenvalue weighted by Crippen LogP contribution is 2.24. The topological polar surface area (TPSA) is 99.8 Å². The van der Waals surface area contributed by atoms with E-state index in [9.17, 15) is 14.7 Å². The number of imidazole rings is 1. The predicted molar refractivity (Wildman–Crippen MR) is 127 cm³/mol. The van der Waals surface area contributed by atoms with Gasteiger partial charge in [0.1, 0.15) is 17.3 Å². The summed E-state index contributed by atoms with van der Waals surface area (Å²) in [4.78, 5) is 34.7. The molecular weight excluding hydrogens is 418 g/mol. The lowest BCUT2D eigenvalue weighted by molar-refractivity contribution is -0.136. The first-order valence-corrected chi connectivity index (χ1v) is 10.3. The van der Waals surface area contributed by atoms with E-state index < -0.39 is 18.2 Å². The van der Waals surface area contributed by atoms with Crippen molar-refractivity contribution >= 4 is 29.0 Å². The number of hydrogen-bond acceptors (Lipinski definition) is 5. The number of rotatable bonds is 7. The van der Waals surface area contributed by atoms with Crippen LogP contribution in [0.3, 0.4) is 0 Å². The average Bonchev–Trinajstić information content (AvgIpc) is 3.33. The molecule has 0 aliphatic heterocycles. The first-order chi connectivity index (χ1) is 17.0. The lowest BCUT2D eigenvalue weighted by Gasteiger charge is -2.18. The molecule has 0 radical (unpaired) electrons. The molecule has 2 aromatic heterocycles. The highest BCUT2D eigenvalue weighted by Gasteiger charge is 2.19. The second kappa shape index (κ2) is 9.12. The minimum atomic E-state index is -2.69. The Morgan fingerprint density at radius 2 is 1.85 bits per heavy atom. The molecular formula is C25H25N5O3. The SMILES string of the molecule is [2H]N(C(=O)c1ccc(C)cc1)c1ccc(Cc2nc(N(C)C)c(C([2H])([2H])C(=O)O)c3nccn23)cc1. The van der Waals surface area contributed by atoms with E-state index in [-0.39, 0.29) is 17.0 Å². The van der Waals surface area contributed by atoms with Gasteiger partial charge in [0.05, 0.1) is 6.37 Å². The molecule has 0 saturated carbocycles. The summed E-state index contributed by atoms with van der Waals surface area (Å²) in [5, 5.41) is 10.3. The maximum Gasteiger partial charge on any atom is 0.308 e. The van der Waals surface area contributed by atoms with Crippen molar-refractivity contribution in [2.45, 2.75) is 19.7 Å². The van der Waals surface area contributed by atoms with Crippen molar-refractivity contribution < 1.29 is 18.8 Å². The largest absolute Gasteiger partial charge is 0.481 e. The fraction of sp³-hybridized carbons (Fsp3) is 0.200. The van der Waals surface area contributed by atoms with Gasteiger partial charge in [0.25, 0.3) is 5.91 Å². The Kier molecular flexibility index (Phi) is 5.08. The van der Waals surface area contributed by atoms with Gasteiger partial charge in [-0.2, -0.15) is 0 Å². The Morgan fingerprint density at radius 1 is 1.15 bits per heavy atom. The summed E-state index contributed by atoms with van der Waals surface area (Å²) in [5.41, 5.74) is 2.74. The number of benzene rings is 2. The van der Waals surface area contributed by atoms with Gasteiger partial charge >= 0.3 is 5.97 Å². The molecule has 4 rings (SSSR count). The standard InChI is InChI=1S/C25H25N5O3/c1-16-4-8-18(9-5-16)25(33)27-19-10-6-17(7-11-19)14-21-28-24(29(2)3)20(15-22(31)32)23-26-12-13-30(21)23/h4-13H,14-15H2,1-3H3,(H,27,33)(H,31,32)/i15D2/hD. The van der Waals surface area contributed by atoms with Crippen molar-refractivity contribution in [3.8, 4) is 0 Å². The summed E-state index contributed by atoms with van der Waals surface area (Å²) in [6.45, 7) is 1.93. The molecule has 8 heteroatoms. The number of hydrogen-bond donors (Lipinski definition) is 2. The van der Waals surface area contributed by atoms with Crippen molar-refractivity contribution in [3.63, 3.8) is 0 Å². The molecule has 0 atom stereocenters. The van der Waals surface area contributed by atoms with Crippen LogP contribution in [0, 0.1) is 6.92 Å². The number of amides is 1. The highest BCUT2D eigenvalue weighted by molar-refractivity contribution is 6.04. The molecule has 0 saturated heterocycles. The number of carbonyl (C=O) groups excluding carboxylic acids is 1. The lowest BCUT2D eigenvalue weighted by Crippen LogP contribution is -2.19. The van der Waals surface area contributed by atoms with Crippen LogP contribution >= 0.6 is 0 Å². The Morgan fingerprint density at radius 3 is 2.48 bits per heavy atom. The number of nitrogens with one attached hydrogen (secondary N) is 1. The zero-order valence-corrected chi connectivity index (χ0v) is 18.5. The van der Waals surface area contributed by atoms with Gasteiger partial charge in [0.2, 0.25) is 0 Å². The van der Waals surface area contributed by atoms with Crippen LogP contribution in [0.5, 0.6) is 0 Å². The number of aromatic nitrogens is 3. The van der Waals surface area contributed by atoms with E-state index in [2.05, 4.69) is 9.97 Å². The van der Waals surface area contributed by atoms with Crippen molar-refractivity contribution in [1.82, 2.24) is 14.4 Å². The normalized spacial score (nSPS) is 12.6. The van der Waals surface area contributed by atoms with E-state index in [0.29, 0.717) is 23.5 Å². The fourth-order valence-corrected chi connectivity index (χ4v) is 3.44. The highest BCUT2D eigenvalue weighted by atomic mass is 16.4. The van der Waals surface area contributed by atoms with Gasteiger partial charge < -0.3 is 15.3 Å². The molecule has 0 fully saturated rings. The monoisotopic (exact) mass is 446 g/mol. The van der Waals surface area contributed by atoms with Gasteiger partial charge in [-0.25, -0.2) is 9.97 Å². The predicted octanol–water partition coefficient (Wildman–Crippen LogP) is 3.57. The van der Waals surface area contributed by atoms with Gasteiger partial charge in [0.15, 0.2) is 1.41 Å². The molecule has 8 nitrogen and oxygen atoms in total. The third-order valence-electron chi connectivity index (χ3n) is 5.08. The second-order valence-electron chi connectivity index (χ2n) is 7.80. The number of nitrogens with zero attached hydrogens (tertiary/aromatic N) is 4. The van der Waals surface area contributed by atoms with Gasteiger partial charge in [-0.15, -0.1) is 0 Å². The number of anilines is 2. The molecule has 0 bridgehead atoms. The summed E-state index contributed by atoms with van der Waals surface area (Å²) in [6.07, 6.45) is 0.715. The van der Waals surface area contributed by atoms with Crippen LogP contribution in [0.25, 0.3) is 5.65 Å². The zero-order chi connectivity index (χ0) is 26.2. The molecule has 168 valence electrons. The minimum absolute atomic E-state index is 0.122. The van der Waals surface area contributed by atoms with Gasteiger partial charge in [-0.05, 0) is 36.8 Å². The van der Waals surface area contributed by atoms with Crippen LogP contribution < -0.4 is 10.2 Å². The van der Waals surface area contributed by atoms with Crippen LogP contribution in [0.1, 0.15) is 35.6 Å². The van der Waals surface area contributed by atoms with Crippen molar-refractivity contribution in [3.05, 3.63) is 89.0 Å². The van der Waals surface area contributed by atoms with Crippen molar-refractivity contribution in [2.75, 3.05) is 24.3 Å². The minimum Gasteiger partial charge on any atom is -0.481 e. The number of carboxylic acids is 1. The Labute approximate surface area is 195 Å². The summed E-state index contributed by atoms with van der Waals surface area (Å²) in [7, 11) is 3.32. The van der Waals surface area contributed by atoms with E-state index in [4.69, 9.17) is 4.15 Å². The van der Waals surface area contributed by atoms with E-state index in [1.165, 1.54) is 6.20 Å². The Balaban J connectivity index is 1.65. The third-order valence-corrected chi connectivity index (χ3v) is 5.08. The van der Waals surface area contributed by atoms with E-state index in [1.807, 2.05) is 19.1 Å². The molecule has 4 aromatic rings. The van der Waals surface area contributed by atoms with Crippen LogP contribution in [0.2, 0.25) is 1.41 Å². The van der Waals surface area contributed by atoms with Gasteiger partial charge in [-0.3, -0.25) is 14.0 Å². The number of aliphatic carboxylic acids is 1. The van der Waals surface area contributed by atoms with Gasteiger partial charge in [-0.1, -0.05) is 29.8 Å². The molecule has 1 amide bonds. The number of fused-ring (bicyclic) bond motifs is 1. The van der Waals surface area contributed by atoms with Crippen LogP contribution in [-0.4, -0.2) is 45.4 Å². The number of carbonyl (C=O) groups is 2. The zero-order valence-electron chi connectivity index (χ0n) is 21.5. The quantitative estimate of drug-likeness (QED) is 0.450. The molecule has 2 N–H and O–H groups in total. The number of carboxylic acid groups (broad SMARTS) is 1. The maximum atomic E-state index is 12.7. The smallest absolute Gasteiger partial charge is 0.308 e. The van der Waals surface area contributed by atoms with Gasteiger partial charge in [0, 0.05) is 52.5 Å². The van der Waals surface area contributed by atoms with Crippen LogP contribution in [0.15, 0.2) is 60.9 Å². The van der Waals surface area contributed by atoms with E-state index in [0.717, 1.165) is 16.4 Å². The molecule has 2 heterocycles. The Bertz CT molecular complexity index is 1430. The molecule has 0 unspecified atom stereocenters. The first-order valence-electron chi connectivity index (χ1n) is 11.7. The third kappa shape index (κ3) is 4.85. The first kappa shape index (κ1) is 18.4. The summed E-state index contributed by atoms with van der Waals surface area (Å²) >= 11 is 0. The molecule has 33 heavy (non-hydrogen) atoms. The lowest BCUT2D eigenvalue weighted by atomic mass is 10.1.